The summed E-state index contributed by atoms with van der Waals surface area (Å²) in [6, 6.07) is 4.31. The molecule has 1 aromatic carbocycles. The minimum atomic E-state index is -0.996. The summed E-state index contributed by atoms with van der Waals surface area (Å²) in [4.78, 5) is 35.4. The van der Waals surface area contributed by atoms with Gasteiger partial charge in [0.15, 0.2) is 12.0 Å². The molecule has 0 radical (unpaired) electrons. The molecule has 2 N–H and O–H groups in total. The quantitative estimate of drug-likeness (QED) is 0.246. The Balaban J connectivity index is 1.64. The molecule has 3 rings (SSSR count). The zero-order chi connectivity index (χ0) is 23.5. The second-order valence-corrected chi connectivity index (χ2v) is 7.80. The van der Waals surface area contributed by atoms with Crippen LogP contribution in [0.15, 0.2) is 29.6 Å². The summed E-state index contributed by atoms with van der Waals surface area (Å²) in [6.07, 6.45) is -3.17. The SMILES string of the molecule is CC1(C)OC2C(COC(=O)c3ccc(N([O-])O)cc3)OC(NC(=O)N(CCCl)N=O)C2O1. The Kier molecular flexibility index (Phi) is 7.48. The molecule has 1 aromatic rings. The van der Waals surface area contributed by atoms with Crippen molar-refractivity contribution < 1.29 is 33.7 Å². The van der Waals surface area contributed by atoms with E-state index in [0.717, 1.165) is 0 Å². The van der Waals surface area contributed by atoms with Crippen LogP contribution in [-0.2, 0) is 18.9 Å². The zero-order valence-corrected chi connectivity index (χ0v) is 17.9. The number of nitrogens with zero attached hydrogens (tertiary/aromatic N) is 3. The van der Waals surface area contributed by atoms with E-state index < -0.39 is 42.3 Å². The van der Waals surface area contributed by atoms with E-state index in [1.807, 2.05) is 0 Å². The van der Waals surface area contributed by atoms with E-state index in [1.165, 1.54) is 24.3 Å². The second-order valence-electron chi connectivity index (χ2n) is 7.42. The van der Waals surface area contributed by atoms with Crippen LogP contribution < -0.4 is 10.5 Å². The molecule has 2 fully saturated rings. The molecular formula is C18H22ClN4O9-. The number of nitroso groups, excluding NO2 is 1. The summed E-state index contributed by atoms with van der Waals surface area (Å²) in [6.45, 7) is 3.05. The predicted octanol–water partition coefficient (Wildman–Crippen LogP) is 1.71. The van der Waals surface area contributed by atoms with Gasteiger partial charge >= 0.3 is 12.0 Å². The van der Waals surface area contributed by atoms with Crippen molar-refractivity contribution in [2.24, 2.45) is 5.29 Å². The first kappa shape index (κ1) is 24.1. The van der Waals surface area contributed by atoms with E-state index in [9.17, 15) is 19.7 Å². The van der Waals surface area contributed by atoms with Crippen molar-refractivity contribution >= 4 is 29.3 Å². The molecule has 0 bridgehead atoms. The summed E-state index contributed by atoms with van der Waals surface area (Å²) in [5.41, 5.74) is 0.0987. The lowest BCUT2D eigenvalue weighted by molar-refractivity contribution is -0.192. The van der Waals surface area contributed by atoms with Crippen molar-refractivity contribution in [1.82, 2.24) is 10.3 Å². The number of benzene rings is 1. The molecule has 2 saturated heterocycles. The molecule has 4 atom stereocenters. The van der Waals surface area contributed by atoms with Crippen molar-refractivity contribution in [3.63, 3.8) is 0 Å². The Labute approximate surface area is 187 Å². The van der Waals surface area contributed by atoms with Crippen molar-refractivity contribution in [1.29, 1.82) is 0 Å². The molecule has 0 aliphatic carbocycles. The summed E-state index contributed by atoms with van der Waals surface area (Å²) in [5.74, 6) is -1.67. The van der Waals surface area contributed by atoms with Gasteiger partial charge in [0.2, 0.25) is 0 Å². The maximum absolute atomic E-state index is 12.3. The van der Waals surface area contributed by atoms with Crippen LogP contribution in [0.1, 0.15) is 24.2 Å². The van der Waals surface area contributed by atoms with E-state index in [2.05, 4.69) is 10.6 Å². The van der Waals surface area contributed by atoms with Gasteiger partial charge in [-0.2, -0.15) is 5.01 Å². The van der Waals surface area contributed by atoms with Crippen LogP contribution in [-0.4, -0.2) is 71.6 Å². The average molecular weight is 474 g/mol. The Morgan fingerprint density at radius 3 is 2.53 bits per heavy atom. The number of nitrogens with one attached hydrogen (secondary N) is 1. The molecular weight excluding hydrogens is 452 g/mol. The van der Waals surface area contributed by atoms with E-state index in [1.54, 1.807) is 13.8 Å². The minimum absolute atomic E-state index is 0.00802. The topological polar surface area (TPSA) is 162 Å². The lowest BCUT2D eigenvalue weighted by Gasteiger charge is -2.25. The fraction of sp³-hybridized carbons (Fsp3) is 0.556. The number of alkyl halides is 1. The fourth-order valence-electron chi connectivity index (χ4n) is 3.35. The van der Waals surface area contributed by atoms with Crippen molar-refractivity contribution in [3.8, 4) is 0 Å². The Hall–Kier alpha value is -2.55. The summed E-state index contributed by atoms with van der Waals surface area (Å²) < 4.78 is 22.7. The Morgan fingerprint density at radius 2 is 1.94 bits per heavy atom. The highest BCUT2D eigenvalue weighted by molar-refractivity contribution is 6.18. The van der Waals surface area contributed by atoms with Gasteiger partial charge in [0.25, 0.3) is 0 Å². The highest BCUT2D eigenvalue weighted by atomic mass is 35.5. The lowest BCUT2D eigenvalue weighted by atomic mass is 10.1. The highest BCUT2D eigenvalue weighted by Crippen LogP contribution is 2.38. The van der Waals surface area contributed by atoms with Gasteiger partial charge in [-0.1, -0.05) is 0 Å². The Bertz CT molecular complexity index is 838. The molecule has 32 heavy (non-hydrogen) atoms. The molecule has 4 unspecified atom stereocenters. The number of urea groups is 1. The van der Waals surface area contributed by atoms with E-state index in [-0.39, 0.29) is 35.5 Å². The number of esters is 1. The highest BCUT2D eigenvalue weighted by Gasteiger charge is 2.56. The molecule has 14 heteroatoms. The molecule has 2 aliphatic heterocycles. The third-order valence-electron chi connectivity index (χ3n) is 4.75. The smallest absolute Gasteiger partial charge is 0.342 e. The first-order chi connectivity index (χ1) is 15.1. The van der Waals surface area contributed by atoms with Gasteiger partial charge in [-0.05, 0) is 38.1 Å². The zero-order valence-electron chi connectivity index (χ0n) is 17.2. The number of hydrogen-bond donors (Lipinski definition) is 2. The first-order valence-corrected chi connectivity index (χ1v) is 10.1. The molecule has 0 aromatic heterocycles. The van der Waals surface area contributed by atoms with Crippen molar-refractivity contribution in [3.05, 3.63) is 39.9 Å². The average Bonchev–Trinajstić information content (AvgIpc) is 3.23. The molecule has 2 heterocycles. The van der Waals surface area contributed by atoms with Crippen LogP contribution in [0.4, 0.5) is 10.5 Å². The normalized spacial score (nSPS) is 25.7. The molecule has 2 amide bonds. The van der Waals surface area contributed by atoms with E-state index in [0.29, 0.717) is 5.01 Å². The number of carbonyl (C=O) groups excluding carboxylic acids is 2. The number of halogens is 1. The summed E-state index contributed by atoms with van der Waals surface area (Å²) in [5, 5.41) is 25.1. The molecule has 176 valence electrons. The fourth-order valence-corrected chi connectivity index (χ4v) is 3.51. The predicted molar refractivity (Wildman–Crippen MR) is 109 cm³/mol. The van der Waals surface area contributed by atoms with Gasteiger partial charge in [0.1, 0.15) is 24.9 Å². The van der Waals surface area contributed by atoms with Gasteiger partial charge < -0.3 is 34.7 Å². The third-order valence-corrected chi connectivity index (χ3v) is 4.92. The molecule has 2 aliphatic rings. The van der Waals surface area contributed by atoms with Crippen LogP contribution in [0.5, 0.6) is 0 Å². The number of ether oxygens (including phenoxy) is 4. The van der Waals surface area contributed by atoms with E-state index >= 15 is 0 Å². The third kappa shape index (κ3) is 5.43. The molecule has 0 saturated carbocycles. The monoisotopic (exact) mass is 473 g/mol. The maximum atomic E-state index is 12.3. The molecule has 13 nitrogen and oxygen atoms in total. The van der Waals surface area contributed by atoms with Gasteiger partial charge in [0.05, 0.1) is 23.1 Å². The maximum Gasteiger partial charge on any atom is 0.342 e. The van der Waals surface area contributed by atoms with Crippen LogP contribution in [0, 0.1) is 10.1 Å². The van der Waals surface area contributed by atoms with Crippen molar-refractivity contribution in [2.45, 2.75) is 44.2 Å². The summed E-state index contributed by atoms with van der Waals surface area (Å²) in [7, 11) is 0. The Morgan fingerprint density at radius 1 is 1.28 bits per heavy atom. The standard InChI is InChI=1S/C18H22ClN4O9/c1-18(2)31-13-12(9-29-16(24)10-3-5-11(6-4-10)23(27)28)30-15(14(13)32-18)20-17(25)22(21-26)8-7-19/h3-6,12-15,27H,7-9H2,1-2H3,(H,20,25)/q-1. The summed E-state index contributed by atoms with van der Waals surface area (Å²) >= 11 is 5.56. The van der Waals surface area contributed by atoms with Gasteiger partial charge in [-0.15, -0.1) is 16.5 Å². The second kappa shape index (κ2) is 9.94. The minimum Gasteiger partial charge on any atom is -0.733 e. The van der Waals surface area contributed by atoms with Crippen LogP contribution >= 0.6 is 11.6 Å². The number of rotatable bonds is 8. The van der Waals surface area contributed by atoms with Crippen LogP contribution in [0.3, 0.4) is 0 Å². The number of anilines is 1. The number of carbonyl (C=O) groups is 2. The number of fused-ring (bicyclic) bond motifs is 1. The number of hydrogen-bond acceptors (Lipinski definition) is 11. The van der Waals surface area contributed by atoms with Crippen molar-refractivity contribution in [2.75, 3.05) is 24.3 Å². The van der Waals surface area contributed by atoms with Gasteiger partial charge in [-0.3, -0.25) is 5.21 Å². The largest absolute Gasteiger partial charge is 0.733 e. The lowest BCUT2D eigenvalue weighted by Crippen LogP contribution is -2.48. The van der Waals surface area contributed by atoms with Crippen LogP contribution in [0.25, 0.3) is 0 Å². The van der Waals surface area contributed by atoms with Gasteiger partial charge in [0, 0.05) is 5.88 Å². The first-order valence-electron chi connectivity index (χ1n) is 9.57. The van der Waals surface area contributed by atoms with Gasteiger partial charge in [-0.25, -0.2) is 9.59 Å². The van der Waals surface area contributed by atoms with Crippen LogP contribution in [0.2, 0.25) is 0 Å². The number of amides is 2. The molecule has 0 spiro atoms. The van der Waals surface area contributed by atoms with E-state index in [4.69, 9.17) is 35.8 Å².